The number of benzene rings is 1. The van der Waals surface area contributed by atoms with Gasteiger partial charge in [0.2, 0.25) is 0 Å². The lowest BCUT2D eigenvalue weighted by Crippen LogP contribution is -2.18. The van der Waals surface area contributed by atoms with Gasteiger partial charge in [0.1, 0.15) is 0 Å². The van der Waals surface area contributed by atoms with Gasteiger partial charge in [-0.05, 0) is 24.1 Å². The SMILES string of the molecule is CC(C)(C)SCC(O)Cc1cccc(Cl)c1. The zero-order chi connectivity index (χ0) is 12.2. The molecule has 0 radical (unpaired) electrons. The van der Waals surface area contributed by atoms with Crippen molar-refractivity contribution in [2.75, 3.05) is 5.75 Å². The van der Waals surface area contributed by atoms with Gasteiger partial charge in [-0.2, -0.15) is 11.8 Å². The molecule has 1 rings (SSSR count). The molecule has 0 saturated carbocycles. The van der Waals surface area contributed by atoms with Gasteiger partial charge in [0.25, 0.3) is 0 Å². The number of hydrogen-bond acceptors (Lipinski definition) is 2. The van der Waals surface area contributed by atoms with Crippen molar-refractivity contribution in [1.82, 2.24) is 0 Å². The molecule has 1 nitrogen and oxygen atoms in total. The van der Waals surface area contributed by atoms with E-state index < -0.39 is 0 Å². The Labute approximate surface area is 107 Å². The van der Waals surface area contributed by atoms with Crippen molar-refractivity contribution in [2.45, 2.75) is 38.0 Å². The highest BCUT2D eigenvalue weighted by atomic mass is 35.5. The van der Waals surface area contributed by atoms with Crippen molar-refractivity contribution in [1.29, 1.82) is 0 Å². The van der Waals surface area contributed by atoms with Crippen molar-refractivity contribution >= 4 is 23.4 Å². The highest BCUT2D eigenvalue weighted by Gasteiger charge is 2.14. The fourth-order valence-electron chi connectivity index (χ4n) is 1.34. The van der Waals surface area contributed by atoms with Crippen molar-refractivity contribution in [3.05, 3.63) is 34.9 Å². The van der Waals surface area contributed by atoms with Gasteiger partial charge in [-0.1, -0.05) is 44.5 Å². The molecule has 0 aliphatic heterocycles. The molecule has 0 saturated heterocycles. The summed E-state index contributed by atoms with van der Waals surface area (Å²) in [5.74, 6) is 0.760. The van der Waals surface area contributed by atoms with Gasteiger partial charge >= 0.3 is 0 Å². The monoisotopic (exact) mass is 258 g/mol. The molecule has 1 aromatic rings. The van der Waals surface area contributed by atoms with Crippen LogP contribution in [0.5, 0.6) is 0 Å². The Balaban J connectivity index is 2.43. The lowest BCUT2D eigenvalue weighted by Gasteiger charge is -2.20. The van der Waals surface area contributed by atoms with E-state index in [2.05, 4.69) is 20.8 Å². The van der Waals surface area contributed by atoms with Crippen molar-refractivity contribution in [3.8, 4) is 0 Å². The summed E-state index contributed by atoms with van der Waals surface area (Å²) >= 11 is 7.67. The molecule has 1 atom stereocenters. The average Bonchev–Trinajstić information content (AvgIpc) is 2.14. The molecular weight excluding hydrogens is 240 g/mol. The Morgan fingerprint density at radius 3 is 2.62 bits per heavy atom. The second-order valence-corrected chi connectivity index (χ2v) is 7.19. The summed E-state index contributed by atoms with van der Waals surface area (Å²) in [6.45, 7) is 6.47. The van der Waals surface area contributed by atoms with Gasteiger partial charge in [-0.15, -0.1) is 0 Å². The second kappa shape index (κ2) is 5.95. The quantitative estimate of drug-likeness (QED) is 0.887. The van der Waals surface area contributed by atoms with Crippen LogP contribution in [0.1, 0.15) is 26.3 Å². The fourth-order valence-corrected chi connectivity index (χ4v) is 2.36. The largest absolute Gasteiger partial charge is 0.392 e. The molecule has 16 heavy (non-hydrogen) atoms. The van der Waals surface area contributed by atoms with Crippen LogP contribution in [0.25, 0.3) is 0 Å². The van der Waals surface area contributed by atoms with E-state index in [0.717, 1.165) is 16.3 Å². The first kappa shape index (κ1) is 13.9. The topological polar surface area (TPSA) is 20.2 Å². The van der Waals surface area contributed by atoms with E-state index in [1.807, 2.05) is 24.3 Å². The lowest BCUT2D eigenvalue weighted by atomic mass is 10.1. The van der Waals surface area contributed by atoms with Crippen LogP contribution in [0, 0.1) is 0 Å². The average molecular weight is 259 g/mol. The molecule has 1 N–H and O–H groups in total. The molecular formula is C13H19ClOS. The molecule has 90 valence electrons. The first-order valence-corrected chi connectivity index (χ1v) is 6.79. The molecule has 0 aliphatic rings. The van der Waals surface area contributed by atoms with Crippen LogP contribution >= 0.6 is 23.4 Å². The predicted octanol–water partition coefficient (Wildman–Crippen LogP) is 3.78. The lowest BCUT2D eigenvalue weighted by molar-refractivity contribution is 0.200. The number of aliphatic hydroxyl groups is 1. The summed E-state index contributed by atoms with van der Waals surface area (Å²) in [5.41, 5.74) is 1.09. The van der Waals surface area contributed by atoms with Crippen LogP contribution in [-0.2, 0) is 6.42 Å². The molecule has 0 aromatic heterocycles. The molecule has 1 aromatic carbocycles. The highest BCUT2D eigenvalue weighted by molar-refractivity contribution is 8.00. The zero-order valence-corrected chi connectivity index (χ0v) is 11.6. The molecule has 0 bridgehead atoms. The van der Waals surface area contributed by atoms with Crippen molar-refractivity contribution in [3.63, 3.8) is 0 Å². The Hall–Kier alpha value is -0.180. The number of thioether (sulfide) groups is 1. The summed E-state index contributed by atoms with van der Waals surface area (Å²) in [6, 6.07) is 7.67. The molecule has 0 amide bonds. The van der Waals surface area contributed by atoms with Crippen molar-refractivity contribution < 1.29 is 5.11 Å². The van der Waals surface area contributed by atoms with Gasteiger partial charge in [-0.25, -0.2) is 0 Å². The van der Waals surface area contributed by atoms with Gasteiger partial charge in [0, 0.05) is 15.5 Å². The van der Waals surface area contributed by atoms with E-state index in [4.69, 9.17) is 11.6 Å². The number of rotatable bonds is 4. The van der Waals surface area contributed by atoms with Gasteiger partial charge in [-0.3, -0.25) is 0 Å². The van der Waals surface area contributed by atoms with Crippen LogP contribution in [0.15, 0.2) is 24.3 Å². The van der Waals surface area contributed by atoms with Gasteiger partial charge in [0.05, 0.1) is 6.10 Å². The number of halogens is 1. The zero-order valence-electron chi connectivity index (χ0n) is 10.0. The van der Waals surface area contributed by atoms with E-state index in [0.29, 0.717) is 6.42 Å². The Morgan fingerprint density at radius 2 is 2.06 bits per heavy atom. The molecule has 0 aliphatic carbocycles. The third kappa shape index (κ3) is 5.78. The van der Waals surface area contributed by atoms with Crippen LogP contribution in [0.3, 0.4) is 0 Å². The van der Waals surface area contributed by atoms with E-state index >= 15 is 0 Å². The van der Waals surface area contributed by atoms with Crippen LogP contribution in [-0.4, -0.2) is 21.7 Å². The molecule has 0 fully saturated rings. The van der Waals surface area contributed by atoms with E-state index in [-0.39, 0.29) is 10.9 Å². The summed E-state index contributed by atoms with van der Waals surface area (Å²) in [5, 5.41) is 10.6. The third-order valence-corrected chi connectivity index (χ3v) is 3.72. The second-order valence-electron chi connectivity index (χ2n) is 4.91. The van der Waals surface area contributed by atoms with Crippen LogP contribution < -0.4 is 0 Å². The first-order valence-electron chi connectivity index (χ1n) is 5.43. The predicted molar refractivity (Wildman–Crippen MR) is 73.4 cm³/mol. The molecule has 0 heterocycles. The van der Waals surface area contributed by atoms with Crippen molar-refractivity contribution in [2.24, 2.45) is 0 Å². The van der Waals surface area contributed by atoms with E-state index in [9.17, 15) is 5.11 Å². The highest BCUT2D eigenvalue weighted by Crippen LogP contribution is 2.24. The summed E-state index contributed by atoms with van der Waals surface area (Å²) in [4.78, 5) is 0. The maximum atomic E-state index is 9.89. The minimum Gasteiger partial charge on any atom is -0.392 e. The standard InChI is InChI=1S/C13H19ClOS/c1-13(2,3)16-9-12(15)8-10-5-4-6-11(14)7-10/h4-7,12,15H,8-9H2,1-3H3. The number of aliphatic hydroxyl groups excluding tert-OH is 1. The maximum absolute atomic E-state index is 9.89. The van der Waals surface area contributed by atoms with E-state index in [1.165, 1.54) is 0 Å². The smallest absolute Gasteiger partial charge is 0.0671 e. The fraction of sp³-hybridized carbons (Fsp3) is 0.538. The van der Waals surface area contributed by atoms with Crippen LogP contribution in [0.4, 0.5) is 0 Å². The summed E-state index contributed by atoms with van der Waals surface area (Å²) in [6.07, 6.45) is 0.367. The van der Waals surface area contributed by atoms with Crippen LogP contribution in [0.2, 0.25) is 5.02 Å². The van der Waals surface area contributed by atoms with Gasteiger partial charge < -0.3 is 5.11 Å². The minimum absolute atomic E-state index is 0.204. The maximum Gasteiger partial charge on any atom is 0.0671 e. The first-order chi connectivity index (χ1) is 7.37. The molecule has 3 heteroatoms. The van der Waals surface area contributed by atoms with E-state index in [1.54, 1.807) is 11.8 Å². The number of hydrogen-bond donors (Lipinski definition) is 1. The summed E-state index contributed by atoms with van der Waals surface area (Å²) in [7, 11) is 0. The minimum atomic E-state index is -0.303. The summed E-state index contributed by atoms with van der Waals surface area (Å²) < 4.78 is 0.204. The normalized spacial score (nSPS) is 13.8. The Kier molecular flexibility index (Phi) is 5.16. The molecule has 0 spiro atoms. The Bertz CT molecular complexity index is 333. The Morgan fingerprint density at radius 1 is 1.38 bits per heavy atom. The third-order valence-electron chi connectivity index (χ3n) is 2.07. The molecule has 1 unspecified atom stereocenters. The van der Waals surface area contributed by atoms with Gasteiger partial charge in [0.15, 0.2) is 0 Å².